The third-order valence-electron chi connectivity index (χ3n) is 9.14. The van der Waals surface area contributed by atoms with Crippen LogP contribution in [0.3, 0.4) is 0 Å². The van der Waals surface area contributed by atoms with Gasteiger partial charge in [-0.2, -0.15) is 5.26 Å². The van der Waals surface area contributed by atoms with Crippen LogP contribution in [0.15, 0.2) is 6.07 Å². The zero-order valence-corrected chi connectivity index (χ0v) is 24.2. The van der Waals surface area contributed by atoms with Crippen LogP contribution in [-0.4, -0.2) is 80.3 Å². The first kappa shape index (κ1) is 27.4. The minimum absolute atomic E-state index is 0.0464. The van der Waals surface area contributed by atoms with Crippen LogP contribution in [0.2, 0.25) is 0 Å². The van der Waals surface area contributed by atoms with Gasteiger partial charge in [-0.3, -0.25) is 14.6 Å². The van der Waals surface area contributed by atoms with E-state index in [0.717, 1.165) is 27.8 Å². The minimum Gasteiger partial charge on any atom is -0.507 e. The number of nitrogens with zero attached hydrogens (tertiary/aromatic N) is 3. The maximum Gasteiger partial charge on any atom is 0.231 e. The van der Waals surface area contributed by atoms with E-state index in [2.05, 4.69) is 34.3 Å². The van der Waals surface area contributed by atoms with Gasteiger partial charge in [0.25, 0.3) is 0 Å². The third kappa shape index (κ3) is 4.00. The highest BCUT2D eigenvalue weighted by Crippen LogP contribution is 2.58. The van der Waals surface area contributed by atoms with Crippen molar-refractivity contribution < 1.29 is 33.6 Å². The van der Waals surface area contributed by atoms with E-state index >= 15 is 0 Å². The van der Waals surface area contributed by atoms with Crippen LogP contribution in [0.5, 0.6) is 28.7 Å². The molecule has 0 aromatic heterocycles. The number of hydrogen-bond donors (Lipinski definition) is 2. The average molecular weight is 565 g/mol. The molecule has 0 radical (unpaired) electrons. The molecule has 2 bridgehead atoms. The summed E-state index contributed by atoms with van der Waals surface area (Å²) in [7, 11) is 5.26. The Labute approximate surface area is 239 Å². The minimum atomic E-state index is -0.492. The number of piperazine rings is 1. The highest BCUT2D eigenvalue weighted by molar-refractivity contribution is 5.73. The molecule has 2 aromatic rings. The van der Waals surface area contributed by atoms with Crippen molar-refractivity contribution in [2.24, 2.45) is 0 Å². The van der Waals surface area contributed by atoms with E-state index in [4.69, 9.17) is 23.7 Å². The van der Waals surface area contributed by atoms with Gasteiger partial charge in [-0.1, -0.05) is 6.07 Å². The van der Waals surface area contributed by atoms with Crippen LogP contribution in [0.1, 0.15) is 52.4 Å². The van der Waals surface area contributed by atoms with E-state index in [1.54, 1.807) is 14.2 Å². The zero-order chi connectivity index (χ0) is 29.2. The van der Waals surface area contributed by atoms with Crippen molar-refractivity contribution in [3.8, 4) is 34.8 Å². The lowest BCUT2D eigenvalue weighted by atomic mass is 9.71. The Morgan fingerprint density at radius 3 is 2.61 bits per heavy atom. The average Bonchev–Trinajstić information content (AvgIpc) is 3.43. The lowest BCUT2D eigenvalue weighted by Gasteiger charge is -2.60. The molecule has 11 nitrogen and oxygen atoms in total. The smallest absolute Gasteiger partial charge is 0.231 e. The molecule has 2 aromatic carbocycles. The van der Waals surface area contributed by atoms with Crippen LogP contribution < -0.4 is 24.3 Å². The summed E-state index contributed by atoms with van der Waals surface area (Å²) in [4.78, 5) is 16.7. The maximum atomic E-state index is 12.2. The van der Waals surface area contributed by atoms with Gasteiger partial charge in [-0.25, -0.2) is 0 Å². The number of rotatable bonds is 6. The molecule has 1 fully saturated rings. The molecule has 0 spiro atoms. The summed E-state index contributed by atoms with van der Waals surface area (Å²) in [6, 6.07) is 3.25. The molecule has 218 valence electrons. The second kappa shape index (κ2) is 10.3. The van der Waals surface area contributed by atoms with Gasteiger partial charge in [0.2, 0.25) is 12.7 Å². The predicted molar refractivity (Wildman–Crippen MR) is 147 cm³/mol. The number of nitriles is 1. The largest absolute Gasteiger partial charge is 0.507 e. The molecule has 11 heteroatoms. The number of phenols is 1. The number of nitrogens with one attached hydrogen (secondary N) is 1. The number of phenolic OH excluding ortho intramolecular Hbond substituents is 1. The highest BCUT2D eigenvalue weighted by Gasteiger charge is 2.56. The number of hydrogen-bond acceptors (Lipinski definition) is 10. The summed E-state index contributed by atoms with van der Waals surface area (Å²) in [5, 5.41) is 25.2. The number of amides is 1. The predicted octanol–water partition coefficient (Wildman–Crippen LogP) is 2.64. The van der Waals surface area contributed by atoms with Crippen LogP contribution >= 0.6 is 0 Å². The number of likely N-dealkylation sites (N-methyl/N-ethyl adjacent to an activating group) is 1. The van der Waals surface area contributed by atoms with Gasteiger partial charge in [-0.15, -0.1) is 0 Å². The molecule has 1 amide bonds. The lowest BCUT2D eigenvalue weighted by molar-refractivity contribution is -0.120. The van der Waals surface area contributed by atoms with Crippen molar-refractivity contribution >= 4 is 5.91 Å². The van der Waals surface area contributed by atoms with E-state index in [-0.39, 0.29) is 49.9 Å². The first-order chi connectivity index (χ1) is 19.7. The number of benzene rings is 2. The fourth-order valence-corrected chi connectivity index (χ4v) is 7.52. The van der Waals surface area contributed by atoms with Crippen molar-refractivity contribution in [3.63, 3.8) is 0 Å². The Morgan fingerprint density at radius 1 is 1.17 bits per heavy atom. The van der Waals surface area contributed by atoms with Gasteiger partial charge in [0, 0.05) is 54.9 Å². The van der Waals surface area contributed by atoms with E-state index in [1.807, 2.05) is 13.8 Å². The maximum absolute atomic E-state index is 12.2. The Morgan fingerprint density at radius 2 is 1.93 bits per heavy atom. The van der Waals surface area contributed by atoms with Crippen molar-refractivity contribution in [1.82, 2.24) is 15.1 Å². The molecule has 2 N–H and O–H groups in total. The molecule has 4 heterocycles. The van der Waals surface area contributed by atoms with Gasteiger partial charge >= 0.3 is 0 Å². The number of aryl methyl sites for hydroxylation is 1. The van der Waals surface area contributed by atoms with Crippen molar-refractivity contribution in [2.45, 2.75) is 63.8 Å². The van der Waals surface area contributed by atoms with Crippen LogP contribution in [0.4, 0.5) is 0 Å². The van der Waals surface area contributed by atoms with Crippen LogP contribution in [0.25, 0.3) is 0 Å². The molecule has 5 atom stereocenters. The first-order valence-electron chi connectivity index (χ1n) is 13.8. The number of ether oxygens (including phenoxy) is 5. The van der Waals surface area contributed by atoms with Gasteiger partial charge < -0.3 is 34.1 Å². The Balaban J connectivity index is 1.60. The molecule has 41 heavy (non-hydrogen) atoms. The SMILES string of the molecule is COCOc1c(OC)c(C)cc2c1C1[C@@H]3Cc4c(O)c(C)c5c(c4C(CNC(C)=O)N3[C@@H](C#N)C(C2)N1C)OCO5. The molecule has 0 saturated carbocycles. The summed E-state index contributed by atoms with van der Waals surface area (Å²) >= 11 is 0. The quantitative estimate of drug-likeness (QED) is 0.506. The van der Waals surface area contributed by atoms with Crippen molar-refractivity contribution in [3.05, 3.63) is 39.4 Å². The van der Waals surface area contributed by atoms with Crippen molar-refractivity contribution in [2.75, 3.05) is 41.4 Å². The molecule has 6 rings (SSSR count). The van der Waals surface area contributed by atoms with E-state index in [0.29, 0.717) is 41.4 Å². The number of methoxy groups -OCH3 is 2. The second-order valence-electron chi connectivity index (χ2n) is 11.2. The van der Waals surface area contributed by atoms with Crippen LogP contribution in [0, 0.1) is 25.2 Å². The third-order valence-corrected chi connectivity index (χ3v) is 9.14. The normalized spacial score (nSPS) is 25.9. The molecule has 1 saturated heterocycles. The lowest BCUT2D eigenvalue weighted by Crippen LogP contribution is -2.68. The summed E-state index contributed by atoms with van der Waals surface area (Å²) < 4.78 is 29.1. The van der Waals surface area contributed by atoms with E-state index in [9.17, 15) is 15.2 Å². The Kier molecular flexibility index (Phi) is 6.88. The van der Waals surface area contributed by atoms with E-state index in [1.165, 1.54) is 6.92 Å². The highest BCUT2D eigenvalue weighted by atomic mass is 16.7. The van der Waals surface area contributed by atoms with Gasteiger partial charge in [0.05, 0.1) is 25.3 Å². The Hall–Kier alpha value is -3.72. The van der Waals surface area contributed by atoms with Gasteiger partial charge in [-0.05, 0) is 44.9 Å². The fourth-order valence-electron chi connectivity index (χ4n) is 7.52. The standard InChI is InChI=1S/C30H36N4O7/c1-14-7-17-8-19-21(10-31)34-20(25(33(19)4)23(17)29(27(14)38-6)39-12-37-5)9-18-24(22(34)11-32-16(3)35)30-28(40-13-41-30)15(2)26(18)36/h7,19-22,25,36H,8-9,11-13H2,1-6H3,(H,32,35)/t19?,20-,21-,22?,25?/m0/s1. The molecule has 4 aliphatic heterocycles. The van der Waals surface area contributed by atoms with Crippen molar-refractivity contribution in [1.29, 1.82) is 5.26 Å². The summed E-state index contributed by atoms with van der Waals surface area (Å²) in [5.74, 6) is 2.34. The van der Waals surface area contributed by atoms with Gasteiger partial charge in [0.15, 0.2) is 29.8 Å². The number of fused-ring (bicyclic) bond motifs is 9. The van der Waals surface area contributed by atoms with Crippen LogP contribution in [-0.2, 0) is 22.4 Å². The topological polar surface area (TPSA) is 126 Å². The summed E-state index contributed by atoms with van der Waals surface area (Å²) in [6.07, 6.45) is 1.09. The number of carbonyl (C=O) groups excluding carboxylic acids is 1. The van der Waals surface area contributed by atoms with Gasteiger partial charge in [0.1, 0.15) is 11.8 Å². The molecular formula is C30H36N4O7. The monoisotopic (exact) mass is 564 g/mol. The number of carbonyl (C=O) groups is 1. The van der Waals surface area contributed by atoms with E-state index < -0.39 is 12.1 Å². The molecule has 4 aliphatic rings. The number of aromatic hydroxyl groups is 1. The molecule has 0 aliphatic carbocycles. The summed E-state index contributed by atoms with van der Waals surface area (Å²) in [5.41, 5.74) is 5.19. The Bertz CT molecular complexity index is 1450. The summed E-state index contributed by atoms with van der Waals surface area (Å²) in [6.45, 7) is 5.63. The first-order valence-corrected chi connectivity index (χ1v) is 13.8. The zero-order valence-electron chi connectivity index (χ0n) is 24.2. The fraction of sp³-hybridized carbons (Fsp3) is 0.533. The second-order valence-corrected chi connectivity index (χ2v) is 11.2. The molecular weight excluding hydrogens is 528 g/mol. The molecule has 3 unspecified atom stereocenters.